The van der Waals surface area contributed by atoms with Crippen LogP contribution in [-0.2, 0) is 0 Å². The molecule has 1 aliphatic heterocycles. The maximum absolute atomic E-state index is 9.44. The molecule has 0 aromatic carbocycles. The van der Waals surface area contributed by atoms with Gasteiger partial charge in [0, 0.05) is 31.2 Å². The third kappa shape index (κ3) is 3.72. The van der Waals surface area contributed by atoms with Crippen LogP contribution in [0, 0.1) is 5.41 Å². The molecule has 0 radical (unpaired) electrons. The Bertz CT molecular complexity index is 192. The Morgan fingerprint density at radius 3 is 2.69 bits per heavy atom. The van der Waals surface area contributed by atoms with Gasteiger partial charge in [-0.25, -0.2) is 0 Å². The first-order valence-electron chi connectivity index (χ1n) is 6.61. The lowest BCUT2D eigenvalue weighted by Gasteiger charge is -2.34. The summed E-state index contributed by atoms with van der Waals surface area (Å²) >= 11 is 0. The van der Waals surface area contributed by atoms with Gasteiger partial charge in [-0.15, -0.1) is 0 Å². The van der Waals surface area contributed by atoms with Gasteiger partial charge in [0.1, 0.15) is 0 Å². The van der Waals surface area contributed by atoms with Crippen molar-refractivity contribution in [2.24, 2.45) is 5.41 Å². The largest absolute Gasteiger partial charge is 0.396 e. The summed E-state index contributed by atoms with van der Waals surface area (Å²) in [6.07, 6.45) is 5.55. The first kappa shape index (κ1) is 13.9. The highest BCUT2D eigenvalue weighted by atomic mass is 16.3. The lowest BCUT2D eigenvalue weighted by atomic mass is 9.87. The Kier molecular flexibility index (Phi) is 5.73. The molecule has 96 valence electrons. The molecule has 0 aromatic heterocycles. The maximum Gasteiger partial charge on any atom is 0.0496 e. The topological polar surface area (TPSA) is 43.7 Å². The quantitative estimate of drug-likeness (QED) is 0.697. The van der Waals surface area contributed by atoms with E-state index in [9.17, 15) is 5.11 Å². The lowest BCUT2D eigenvalue weighted by Crippen LogP contribution is -2.40. The van der Waals surface area contributed by atoms with Gasteiger partial charge in [-0.3, -0.25) is 4.90 Å². The highest BCUT2D eigenvalue weighted by molar-refractivity contribution is 4.85. The minimum Gasteiger partial charge on any atom is -0.396 e. The molecule has 1 heterocycles. The van der Waals surface area contributed by atoms with Crippen molar-refractivity contribution in [3.05, 3.63) is 0 Å². The molecule has 1 rings (SSSR count). The van der Waals surface area contributed by atoms with Gasteiger partial charge in [-0.1, -0.05) is 13.8 Å². The van der Waals surface area contributed by atoms with Gasteiger partial charge in [0.05, 0.1) is 0 Å². The van der Waals surface area contributed by atoms with E-state index < -0.39 is 0 Å². The Morgan fingerprint density at radius 1 is 1.38 bits per heavy atom. The number of aliphatic hydroxyl groups is 2. The van der Waals surface area contributed by atoms with Crippen LogP contribution < -0.4 is 0 Å². The van der Waals surface area contributed by atoms with E-state index in [-0.39, 0.29) is 12.0 Å². The highest BCUT2D eigenvalue weighted by Crippen LogP contribution is 2.28. The van der Waals surface area contributed by atoms with Crippen LogP contribution in [0.2, 0.25) is 0 Å². The van der Waals surface area contributed by atoms with E-state index in [4.69, 9.17) is 5.11 Å². The maximum atomic E-state index is 9.44. The molecule has 3 nitrogen and oxygen atoms in total. The zero-order chi connectivity index (χ0) is 12.0. The molecule has 0 bridgehead atoms. The van der Waals surface area contributed by atoms with Crippen LogP contribution in [0.25, 0.3) is 0 Å². The summed E-state index contributed by atoms with van der Waals surface area (Å²) in [5.41, 5.74) is 0.0435. The number of hydrogen-bond acceptors (Lipinski definition) is 3. The van der Waals surface area contributed by atoms with Gasteiger partial charge in [0.2, 0.25) is 0 Å². The number of likely N-dealkylation sites (tertiary alicyclic amines) is 1. The van der Waals surface area contributed by atoms with E-state index in [1.54, 1.807) is 0 Å². The molecule has 1 fully saturated rings. The molecule has 0 aliphatic carbocycles. The molecular weight excluding hydrogens is 202 g/mol. The first-order chi connectivity index (χ1) is 7.65. The number of hydrogen-bond donors (Lipinski definition) is 2. The summed E-state index contributed by atoms with van der Waals surface area (Å²) < 4.78 is 0. The van der Waals surface area contributed by atoms with Gasteiger partial charge in [-0.05, 0) is 38.6 Å². The number of rotatable bonds is 7. The van der Waals surface area contributed by atoms with Crippen LogP contribution >= 0.6 is 0 Å². The van der Waals surface area contributed by atoms with E-state index in [2.05, 4.69) is 18.7 Å². The molecule has 3 heteroatoms. The van der Waals surface area contributed by atoms with E-state index >= 15 is 0 Å². The lowest BCUT2D eigenvalue weighted by molar-refractivity contribution is 0.0756. The monoisotopic (exact) mass is 229 g/mol. The smallest absolute Gasteiger partial charge is 0.0496 e. The van der Waals surface area contributed by atoms with Gasteiger partial charge < -0.3 is 10.2 Å². The predicted octanol–water partition coefficient (Wildman–Crippen LogP) is 1.63. The van der Waals surface area contributed by atoms with Crippen LogP contribution in [0.3, 0.4) is 0 Å². The van der Waals surface area contributed by atoms with Crippen LogP contribution in [0.4, 0.5) is 0 Å². The molecule has 0 aromatic rings. The normalized spacial score (nSPS) is 25.9. The number of aliphatic hydroxyl groups excluding tert-OH is 2. The standard InChI is InChI=1S/C13H27NO2/c1-3-13(2,11-16)10-14-8-4-6-12(14)7-5-9-15/h12,15-16H,3-11H2,1-2H3. The van der Waals surface area contributed by atoms with Crippen LogP contribution in [0.15, 0.2) is 0 Å². The zero-order valence-corrected chi connectivity index (χ0v) is 10.8. The van der Waals surface area contributed by atoms with Crippen molar-refractivity contribution in [3.63, 3.8) is 0 Å². The molecule has 0 amide bonds. The SMILES string of the molecule is CCC(C)(CO)CN1CCCC1CCCO. The summed E-state index contributed by atoms with van der Waals surface area (Å²) in [6.45, 7) is 7.04. The number of nitrogens with zero attached hydrogens (tertiary/aromatic N) is 1. The zero-order valence-electron chi connectivity index (χ0n) is 10.8. The third-order valence-electron chi connectivity index (χ3n) is 4.01. The van der Waals surface area contributed by atoms with E-state index in [1.165, 1.54) is 12.8 Å². The van der Waals surface area contributed by atoms with Crippen molar-refractivity contribution in [1.82, 2.24) is 4.90 Å². The second-order valence-electron chi connectivity index (χ2n) is 5.45. The summed E-state index contributed by atoms with van der Waals surface area (Å²) in [4.78, 5) is 2.51. The predicted molar refractivity (Wildman–Crippen MR) is 66.4 cm³/mol. The summed E-state index contributed by atoms with van der Waals surface area (Å²) in [5.74, 6) is 0. The van der Waals surface area contributed by atoms with Crippen LogP contribution in [-0.4, -0.2) is 47.5 Å². The molecule has 2 N–H and O–H groups in total. The van der Waals surface area contributed by atoms with Crippen LogP contribution in [0.5, 0.6) is 0 Å². The molecular formula is C13H27NO2. The second-order valence-corrected chi connectivity index (χ2v) is 5.45. The average molecular weight is 229 g/mol. The molecule has 1 saturated heterocycles. The van der Waals surface area contributed by atoms with Crippen molar-refractivity contribution in [2.75, 3.05) is 26.3 Å². The fourth-order valence-electron chi connectivity index (χ4n) is 2.52. The Morgan fingerprint density at radius 2 is 2.12 bits per heavy atom. The minimum absolute atomic E-state index is 0.0435. The minimum atomic E-state index is 0.0435. The molecule has 2 unspecified atom stereocenters. The Balaban J connectivity index is 2.45. The molecule has 2 atom stereocenters. The van der Waals surface area contributed by atoms with Crippen molar-refractivity contribution in [1.29, 1.82) is 0 Å². The first-order valence-corrected chi connectivity index (χ1v) is 6.61. The molecule has 16 heavy (non-hydrogen) atoms. The van der Waals surface area contributed by atoms with Crippen molar-refractivity contribution < 1.29 is 10.2 Å². The fraction of sp³-hybridized carbons (Fsp3) is 1.00. The van der Waals surface area contributed by atoms with Crippen molar-refractivity contribution in [3.8, 4) is 0 Å². The van der Waals surface area contributed by atoms with Crippen LogP contribution in [0.1, 0.15) is 46.0 Å². The Hall–Kier alpha value is -0.120. The Labute approximate surface area is 99.5 Å². The third-order valence-corrected chi connectivity index (χ3v) is 4.01. The van der Waals surface area contributed by atoms with Gasteiger partial charge >= 0.3 is 0 Å². The molecule has 0 spiro atoms. The van der Waals surface area contributed by atoms with Gasteiger partial charge in [-0.2, -0.15) is 0 Å². The fourth-order valence-corrected chi connectivity index (χ4v) is 2.52. The van der Waals surface area contributed by atoms with E-state index in [1.807, 2.05) is 0 Å². The van der Waals surface area contributed by atoms with E-state index in [0.29, 0.717) is 12.6 Å². The molecule has 1 aliphatic rings. The highest BCUT2D eigenvalue weighted by Gasteiger charge is 2.30. The molecule has 0 saturated carbocycles. The average Bonchev–Trinajstić information content (AvgIpc) is 2.73. The van der Waals surface area contributed by atoms with Crippen molar-refractivity contribution >= 4 is 0 Å². The second kappa shape index (κ2) is 6.58. The van der Waals surface area contributed by atoms with Gasteiger partial charge in [0.15, 0.2) is 0 Å². The summed E-state index contributed by atoms with van der Waals surface area (Å²) in [6, 6.07) is 0.629. The van der Waals surface area contributed by atoms with Gasteiger partial charge in [0.25, 0.3) is 0 Å². The van der Waals surface area contributed by atoms with E-state index in [0.717, 1.165) is 32.4 Å². The van der Waals surface area contributed by atoms with Crippen molar-refractivity contribution in [2.45, 2.75) is 52.0 Å². The summed E-state index contributed by atoms with van der Waals surface area (Å²) in [5, 5.41) is 18.3. The summed E-state index contributed by atoms with van der Waals surface area (Å²) in [7, 11) is 0.